The Morgan fingerprint density at radius 3 is 2.61 bits per heavy atom. The van der Waals surface area contributed by atoms with Crippen LogP contribution in [0.5, 0.6) is 0 Å². The maximum absolute atomic E-state index is 11.8. The third-order valence-corrected chi connectivity index (χ3v) is 2.11. The minimum atomic E-state index is -4.48. The summed E-state index contributed by atoms with van der Waals surface area (Å²) in [5.41, 5.74) is 0.400. The first-order valence-corrected chi connectivity index (χ1v) is 5.01. The Kier molecular flexibility index (Phi) is 4.39. The van der Waals surface area contributed by atoms with E-state index in [9.17, 15) is 18.0 Å². The summed E-state index contributed by atoms with van der Waals surface area (Å²) in [7, 11) is 0. The third-order valence-electron chi connectivity index (χ3n) is 1.80. The molecule has 1 aromatic carbocycles. The Hall–Kier alpha value is -1.94. The Balaban J connectivity index is 2.63. The van der Waals surface area contributed by atoms with Crippen molar-refractivity contribution in [3.05, 3.63) is 28.8 Å². The van der Waals surface area contributed by atoms with E-state index in [1.54, 1.807) is 5.32 Å². The zero-order valence-corrected chi connectivity index (χ0v) is 9.56. The summed E-state index contributed by atoms with van der Waals surface area (Å²) >= 11 is 5.73. The number of alkyl halides is 3. The summed E-state index contributed by atoms with van der Waals surface area (Å²) in [6, 6.07) is 4.80. The highest BCUT2D eigenvalue weighted by Crippen LogP contribution is 2.22. The van der Waals surface area contributed by atoms with E-state index in [0.29, 0.717) is 0 Å². The molecule has 1 rings (SSSR count). The van der Waals surface area contributed by atoms with Crippen molar-refractivity contribution < 1.29 is 18.0 Å². The van der Waals surface area contributed by atoms with Crippen molar-refractivity contribution in [1.29, 1.82) is 5.26 Å². The van der Waals surface area contributed by atoms with Crippen molar-refractivity contribution in [3.63, 3.8) is 0 Å². The number of amides is 2. The number of halogens is 4. The normalized spacial score (nSPS) is 10.6. The highest BCUT2D eigenvalue weighted by molar-refractivity contribution is 6.33. The van der Waals surface area contributed by atoms with Crippen LogP contribution in [0.2, 0.25) is 5.02 Å². The maximum atomic E-state index is 11.8. The summed E-state index contributed by atoms with van der Waals surface area (Å²) in [4.78, 5) is 11.1. The lowest BCUT2D eigenvalue weighted by molar-refractivity contribution is -0.122. The molecule has 0 fully saturated rings. The van der Waals surface area contributed by atoms with Gasteiger partial charge < -0.3 is 10.6 Å². The molecule has 96 valence electrons. The molecule has 1 aromatic rings. The summed E-state index contributed by atoms with van der Waals surface area (Å²) in [6.07, 6.45) is -4.48. The molecule has 0 saturated carbocycles. The van der Waals surface area contributed by atoms with Crippen LogP contribution >= 0.6 is 11.6 Å². The minimum Gasteiger partial charge on any atom is -0.329 e. The molecule has 0 spiro atoms. The van der Waals surface area contributed by atoms with Gasteiger partial charge in [0.05, 0.1) is 22.3 Å². The number of hydrogen-bond donors (Lipinski definition) is 2. The lowest BCUT2D eigenvalue weighted by Gasteiger charge is -2.10. The average Bonchev–Trinajstić information content (AvgIpc) is 2.28. The highest BCUT2D eigenvalue weighted by Gasteiger charge is 2.27. The average molecular weight is 278 g/mol. The van der Waals surface area contributed by atoms with Crippen LogP contribution in [0.1, 0.15) is 5.56 Å². The Morgan fingerprint density at radius 2 is 2.11 bits per heavy atom. The van der Waals surface area contributed by atoms with E-state index in [0.717, 1.165) is 0 Å². The van der Waals surface area contributed by atoms with Gasteiger partial charge in [0.25, 0.3) is 0 Å². The number of rotatable bonds is 2. The fourth-order valence-electron chi connectivity index (χ4n) is 1.03. The van der Waals surface area contributed by atoms with Gasteiger partial charge in [0.2, 0.25) is 0 Å². The van der Waals surface area contributed by atoms with Gasteiger partial charge in [-0.2, -0.15) is 18.4 Å². The third kappa shape index (κ3) is 4.51. The number of nitriles is 1. The predicted octanol–water partition coefficient (Wildman–Crippen LogP) is 2.90. The molecule has 4 nitrogen and oxygen atoms in total. The van der Waals surface area contributed by atoms with Crippen molar-refractivity contribution in [2.24, 2.45) is 0 Å². The van der Waals surface area contributed by atoms with Gasteiger partial charge in [-0.25, -0.2) is 4.79 Å². The fourth-order valence-corrected chi connectivity index (χ4v) is 1.26. The second-order valence-electron chi connectivity index (χ2n) is 3.23. The molecule has 0 heterocycles. The maximum Gasteiger partial charge on any atom is 0.405 e. The number of carbonyl (C=O) groups excluding carboxylic acids is 1. The molecule has 8 heteroatoms. The first kappa shape index (κ1) is 14.1. The number of hydrogen-bond acceptors (Lipinski definition) is 2. The molecular formula is C10H7ClF3N3O. The van der Waals surface area contributed by atoms with Gasteiger partial charge in [0, 0.05) is 0 Å². The number of carbonyl (C=O) groups is 1. The SMILES string of the molecule is N#Cc1ccc(NC(=O)NCC(F)(F)F)c(Cl)c1. The quantitative estimate of drug-likeness (QED) is 0.873. The van der Waals surface area contributed by atoms with E-state index in [1.165, 1.54) is 18.2 Å². The molecule has 0 aromatic heterocycles. The van der Waals surface area contributed by atoms with Crippen molar-refractivity contribution in [2.75, 3.05) is 11.9 Å². The Morgan fingerprint density at radius 1 is 1.44 bits per heavy atom. The smallest absolute Gasteiger partial charge is 0.329 e. The van der Waals surface area contributed by atoms with Gasteiger partial charge in [-0.05, 0) is 18.2 Å². The molecule has 0 radical (unpaired) electrons. The first-order chi connectivity index (χ1) is 8.31. The standard InChI is InChI=1S/C10H7ClF3N3O/c11-7-3-6(4-15)1-2-8(7)17-9(18)16-5-10(12,13)14/h1-3H,5H2,(H2,16,17,18). The second kappa shape index (κ2) is 5.60. The molecule has 0 atom stereocenters. The molecule has 0 bridgehead atoms. The van der Waals surface area contributed by atoms with Crippen molar-refractivity contribution >= 4 is 23.3 Å². The number of nitrogens with one attached hydrogen (secondary N) is 2. The minimum absolute atomic E-state index is 0.0659. The molecule has 0 unspecified atom stereocenters. The summed E-state index contributed by atoms with van der Waals surface area (Å²) in [6.45, 7) is -1.44. The molecule has 0 aliphatic carbocycles. The van der Waals surface area contributed by atoms with Gasteiger partial charge >= 0.3 is 12.2 Å². The molecule has 0 aliphatic rings. The number of benzene rings is 1. The van der Waals surface area contributed by atoms with E-state index in [1.807, 2.05) is 6.07 Å². The number of nitrogens with zero attached hydrogens (tertiary/aromatic N) is 1. The lowest BCUT2D eigenvalue weighted by Crippen LogP contribution is -2.36. The van der Waals surface area contributed by atoms with Crippen molar-refractivity contribution in [2.45, 2.75) is 6.18 Å². The van der Waals surface area contributed by atoms with Crippen LogP contribution in [0.3, 0.4) is 0 Å². The Bertz CT molecular complexity index is 496. The first-order valence-electron chi connectivity index (χ1n) is 4.63. The molecule has 18 heavy (non-hydrogen) atoms. The fraction of sp³-hybridized carbons (Fsp3) is 0.200. The van der Waals surface area contributed by atoms with Crippen LogP contribution in [0.4, 0.5) is 23.7 Å². The van der Waals surface area contributed by atoms with Gasteiger partial charge in [-0.1, -0.05) is 11.6 Å². The summed E-state index contributed by atoms with van der Waals surface area (Å²) in [5.74, 6) is 0. The summed E-state index contributed by atoms with van der Waals surface area (Å²) in [5, 5.41) is 12.4. The predicted molar refractivity (Wildman–Crippen MR) is 59.2 cm³/mol. The van der Waals surface area contributed by atoms with E-state index in [4.69, 9.17) is 16.9 Å². The van der Waals surface area contributed by atoms with E-state index >= 15 is 0 Å². The van der Waals surface area contributed by atoms with Crippen LogP contribution in [0.15, 0.2) is 18.2 Å². The van der Waals surface area contributed by atoms with Gasteiger partial charge in [0.1, 0.15) is 6.54 Å². The van der Waals surface area contributed by atoms with E-state index in [2.05, 4.69) is 5.32 Å². The zero-order chi connectivity index (χ0) is 13.8. The molecule has 0 aliphatic heterocycles. The summed E-state index contributed by atoms with van der Waals surface area (Å²) < 4.78 is 35.5. The van der Waals surface area contributed by atoms with Gasteiger partial charge in [0.15, 0.2) is 0 Å². The number of anilines is 1. The van der Waals surface area contributed by atoms with Crippen molar-refractivity contribution in [3.8, 4) is 6.07 Å². The van der Waals surface area contributed by atoms with Crippen molar-refractivity contribution in [1.82, 2.24) is 5.32 Å². The molecular weight excluding hydrogens is 271 g/mol. The van der Waals surface area contributed by atoms with Crippen LogP contribution in [-0.2, 0) is 0 Å². The number of urea groups is 1. The van der Waals surface area contributed by atoms with Crippen LogP contribution in [0, 0.1) is 11.3 Å². The van der Waals surface area contributed by atoms with Crippen LogP contribution in [-0.4, -0.2) is 18.8 Å². The second-order valence-corrected chi connectivity index (χ2v) is 3.64. The molecule has 2 amide bonds. The van der Waals surface area contributed by atoms with E-state index in [-0.39, 0.29) is 16.3 Å². The molecule has 0 saturated heterocycles. The Labute approximate surface area is 105 Å². The monoisotopic (exact) mass is 277 g/mol. The highest BCUT2D eigenvalue weighted by atomic mass is 35.5. The van der Waals surface area contributed by atoms with Gasteiger partial charge in [-0.3, -0.25) is 0 Å². The van der Waals surface area contributed by atoms with E-state index < -0.39 is 18.8 Å². The van der Waals surface area contributed by atoms with Gasteiger partial charge in [-0.15, -0.1) is 0 Å². The largest absolute Gasteiger partial charge is 0.405 e. The molecule has 2 N–H and O–H groups in total. The zero-order valence-electron chi connectivity index (χ0n) is 8.81. The van der Waals surface area contributed by atoms with Crippen LogP contribution in [0.25, 0.3) is 0 Å². The van der Waals surface area contributed by atoms with Crippen LogP contribution < -0.4 is 10.6 Å². The lowest BCUT2D eigenvalue weighted by atomic mass is 10.2. The topological polar surface area (TPSA) is 64.9 Å².